The fourth-order valence-corrected chi connectivity index (χ4v) is 8.19. The molecule has 2 aromatic carbocycles. The summed E-state index contributed by atoms with van der Waals surface area (Å²) in [4.78, 5) is 12.6. The lowest BCUT2D eigenvalue weighted by atomic mass is 10.2. The van der Waals surface area contributed by atoms with Crippen LogP contribution in [0.4, 0.5) is 0 Å². The van der Waals surface area contributed by atoms with Crippen LogP contribution in [-0.2, 0) is 19.4 Å². The predicted octanol–water partition coefficient (Wildman–Crippen LogP) is 6.05. The molecule has 0 aliphatic rings. The van der Waals surface area contributed by atoms with Crippen LogP contribution in [0, 0.1) is 13.8 Å². The zero-order valence-corrected chi connectivity index (χ0v) is 24.1. The van der Waals surface area contributed by atoms with Crippen molar-refractivity contribution in [3.05, 3.63) is 52.5 Å². The molecule has 0 amide bonds. The number of hydrogen-bond donors (Lipinski definition) is 1. The Morgan fingerprint density at radius 3 is 2.69 bits per heavy atom. The third-order valence-electron chi connectivity index (χ3n) is 5.47. The number of hydrogen-bond acceptors (Lipinski definition) is 8. The number of halogens is 1. The third-order valence-corrected chi connectivity index (χ3v) is 10.6. The molecule has 1 aromatic heterocycles. The van der Waals surface area contributed by atoms with Gasteiger partial charge in [-0.1, -0.05) is 18.5 Å². The minimum absolute atomic E-state index is 0.103. The molecular weight excluding hydrogens is 538 g/mol. The zero-order valence-electron chi connectivity index (χ0n) is 20.9. The molecule has 10 heteroatoms. The Kier molecular flexibility index (Phi) is 10.5. The van der Waals surface area contributed by atoms with Crippen molar-refractivity contribution in [2.75, 3.05) is 32.1 Å². The van der Waals surface area contributed by atoms with Gasteiger partial charge in [-0.05, 0) is 86.6 Å². The Hall–Kier alpha value is -1.78. The Morgan fingerprint density at radius 1 is 1.19 bits per heavy atom. The van der Waals surface area contributed by atoms with Gasteiger partial charge in [0.15, 0.2) is 16.4 Å². The molecule has 0 fully saturated rings. The summed E-state index contributed by atoms with van der Waals surface area (Å²) in [6.07, 6.45) is 0.541. The molecule has 0 saturated heterocycles. The van der Waals surface area contributed by atoms with E-state index in [2.05, 4.69) is 12.2 Å². The molecule has 3 aromatic rings. The van der Waals surface area contributed by atoms with E-state index in [0.29, 0.717) is 39.8 Å². The van der Waals surface area contributed by atoms with Gasteiger partial charge in [0.2, 0.25) is 0 Å². The number of nitrogens with one attached hydrogen (secondary N) is 1. The molecule has 1 N–H and O–H groups in total. The second kappa shape index (κ2) is 13.1. The fourth-order valence-electron chi connectivity index (χ4n) is 3.72. The van der Waals surface area contributed by atoms with Gasteiger partial charge in [0.25, 0.3) is 0 Å². The minimum atomic E-state index is -3.35. The van der Waals surface area contributed by atoms with Crippen LogP contribution in [0.5, 0.6) is 5.75 Å². The van der Waals surface area contributed by atoms with Crippen molar-refractivity contribution in [1.29, 1.82) is 0 Å². The molecule has 0 saturated carbocycles. The van der Waals surface area contributed by atoms with Crippen molar-refractivity contribution in [2.24, 2.45) is 0 Å². The van der Waals surface area contributed by atoms with Crippen LogP contribution in [0.3, 0.4) is 0 Å². The molecule has 36 heavy (non-hydrogen) atoms. The fraction of sp³-hybridized carbons (Fsp3) is 0.423. The van der Waals surface area contributed by atoms with Gasteiger partial charge in [-0.2, -0.15) is 0 Å². The summed E-state index contributed by atoms with van der Waals surface area (Å²) in [5.41, 5.74) is 1.73. The highest BCUT2D eigenvalue weighted by Crippen LogP contribution is 2.36. The molecule has 0 spiro atoms. The molecule has 1 atom stereocenters. The zero-order chi connectivity index (χ0) is 26.3. The van der Waals surface area contributed by atoms with Gasteiger partial charge in [-0.3, -0.25) is 0 Å². The molecule has 196 valence electrons. The Morgan fingerprint density at radius 2 is 1.97 bits per heavy atom. The van der Waals surface area contributed by atoms with Gasteiger partial charge in [0.05, 0.1) is 12.4 Å². The lowest BCUT2D eigenvalue weighted by Gasteiger charge is -2.14. The quantitative estimate of drug-likeness (QED) is 0.152. The molecule has 0 aliphatic carbocycles. The van der Waals surface area contributed by atoms with E-state index < -0.39 is 9.84 Å². The average molecular weight is 570 g/mol. The van der Waals surface area contributed by atoms with Crippen molar-refractivity contribution in [1.82, 2.24) is 5.32 Å². The van der Waals surface area contributed by atoms with Crippen LogP contribution >= 0.6 is 34.7 Å². The van der Waals surface area contributed by atoms with Crippen LogP contribution < -0.4 is 10.1 Å². The Balaban J connectivity index is 1.43. The number of benzene rings is 2. The van der Waals surface area contributed by atoms with Crippen LogP contribution in [0.25, 0.3) is 10.1 Å². The first-order valence-corrected chi connectivity index (χ1v) is 15.5. The maximum absolute atomic E-state index is 12.9. The molecule has 0 radical (unpaired) electrons. The number of carbonyl (C=O) groups is 1. The van der Waals surface area contributed by atoms with E-state index in [0.717, 1.165) is 32.7 Å². The molecule has 3 rings (SSSR count). The molecule has 6 nitrogen and oxygen atoms in total. The van der Waals surface area contributed by atoms with Crippen molar-refractivity contribution < 1.29 is 22.7 Å². The van der Waals surface area contributed by atoms with E-state index in [1.165, 1.54) is 11.3 Å². The van der Waals surface area contributed by atoms with E-state index in [4.69, 9.17) is 21.1 Å². The van der Waals surface area contributed by atoms with Crippen LogP contribution in [-0.4, -0.2) is 51.7 Å². The van der Waals surface area contributed by atoms with E-state index in [1.807, 2.05) is 44.2 Å². The number of thioether (sulfide) groups is 1. The highest BCUT2D eigenvalue weighted by molar-refractivity contribution is 8.00. The van der Waals surface area contributed by atoms with Crippen molar-refractivity contribution in [3.8, 4) is 5.75 Å². The second-order valence-corrected chi connectivity index (χ2v) is 13.8. The maximum atomic E-state index is 12.9. The van der Waals surface area contributed by atoms with Crippen molar-refractivity contribution >= 4 is 60.6 Å². The van der Waals surface area contributed by atoms with Gasteiger partial charge in [-0.15, -0.1) is 23.1 Å². The molecule has 1 heterocycles. The normalized spacial score (nSPS) is 12.6. The predicted molar refractivity (Wildman–Crippen MR) is 150 cm³/mol. The average Bonchev–Trinajstić information content (AvgIpc) is 3.15. The van der Waals surface area contributed by atoms with Crippen LogP contribution in [0.2, 0.25) is 5.02 Å². The lowest BCUT2D eigenvalue weighted by molar-refractivity contribution is -0.145. The maximum Gasteiger partial charge on any atom is 0.344 e. The molecule has 0 unspecified atom stereocenters. The summed E-state index contributed by atoms with van der Waals surface area (Å²) in [6, 6.07) is 11.4. The van der Waals surface area contributed by atoms with Gasteiger partial charge < -0.3 is 14.8 Å². The number of esters is 1. The van der Waals surface area contributed by atoms with Gasteiger partial charge >= 0.3 is 5.97 Å². The standard InChI is InChI=1S/C26H32ClNO5S3/c1-5-32-25(29)16-33-23-9-8-21(13-17(23)2)34-18(3)15-28-11-6-12-36(30,31)26-19(4)22-14-20(27)7-10-24(22)35-26/h7-10,13-14,18,28H,5-6,11-12,15-16H2,1-4H3/t18-/m1/s1. The highest BCUT2D eigenvalue weighted by Gasteiger charge is 2.21. The number of ether oxygens (including phenoxy) is 2. The smallest absolute Gasteiger partial charge is 0.344 e. The van der Waals surface area contributed by atoms with Crippen molar-refractivity contribution in [2.45, 2.75) is 48.5 Å². The summed E-state index contributed by atoms with van der Waals surface area (Å²) in [5, 5.41) is 5.18. The third kappa shape index (κ3) is 7.86. The van der Waals surface area contributed by atoms with Gasteiger partial charge in [0, 0.05) is 26.4 Å². The van der Waals surface area contributed by atoms with Gasteiger partial charge in [0.1, 0.15) is 9.96 Å². The number of sulfone groups is 1. The topological polar surface area (TPSA) is 81.7 Å². The van der Waals surface area contributed by atoms with E-state index >= 15 is 0 Å². The summed E-state index contributed by atoms with van der Waals surface area (Å²) in [5.74, 6) is 0.387. The largest absolute Gasteiger partial charge is 0.482 e. The first-order chi connectivity index (χ1) is 17.1. The summed E-state index contributed by atoms with van der Waals surface area (Å²) < 4.78 is 37.7. The molecule has 0 bridgehead atoms. The second-order valence-electron chi connectivity index (χ2n) is 8.48. The molecular formula is C26H32ClNO5S3. The first kappa shape index (κ1) is 28.8. The van der Waals surface area contributed by atoms with Crippen LogP contribution in [0.15, 0.2) is 45.5 Å². The highest BCUT2D eigenvalue weighted by atomic mass is 35.5. The van der Waals surface area contributed by atoms with Crippen LogP contribution in [0.1, 0.15) is 31.4 Å². The summed E-state index contributed by atoms with van der Waals surface area (Å²) >= 11 is 9.12. The van der Waals surface area contributed by atoms with E-state index in [9.17, 15) is 13.2 Å². The Labute approximate surface area is 226 Å². The number of fused-ring (bicyclic) bond motifs is 1. The van der Waals surface area contributed by atoms with Crippen molar-refractivity contribution in [3.63, 3.8) is 0 Å². The Bertz CT molecular complexity index is 1310. The van der Waals surface area contributed by atoms with Gasteiger partial charge in [-0.25, -0.2) is 13.2 Å². The number of thiophene rings is 1. The number of carbonyl (C=O) groups excluding carboxylic acids is 1. The monoisotopic (exact) mass is 569 g/mol. The van der Waals surface area contributed by atoms with E-state index in [1.54, 1.807) is 24.8 Å². The lowest BCUT2D eigenvalue weighted by Crippen LogP contribution is -2.25. The summed E-state index contributed by atoms with van der Waals surface area (Å²) in [7, 11) is -3.35. The number of rotatable bonds is 13. The molecule has 0 aliphatic heterocycles. The SMILES string of the molecule is CCOC(=O)COc1ccc(S[C@H](C)CNCCCS(=O)(=O)c2sc3ccc(Cl)cc3c2C)cc1C. The van der Waals surface area contributed by atoms with E-state index in [-0.39, 0.29) is 18.3 Å². The number of aryl methyl sites for hydroxylation is 2. The summed E-state index contributed by atoms with van der Waals surface area (Å²) in [6.45, 7) is 9.29. The first-order valence-electron chi connectivity index (χ1n) is 11.8. The minimum Gasteiger partial charge on any atom is -0.482 e.